The van der Waals surface area contributed by atoms with Crippen LogP contribution in [0.4, 0.5) is 4.79 Å². The molecule has 0 aliphatic heterocycles. The summed E-state index contributed by atoms with van der Waals surface area (Å²) < 4.78 is 17.3. The molecule has 3 N–H and O–H groups in total. The molecule has 18 nitrogen and oxygen atoms in total. The van der Waals surface area contributed by atoms with Crippen LogP contribution in [0.15, 0.2) is 0 Å². The van der Waals surface area contributed by atoms with Crippen LogP contribution in [0.2, 0.25) is 0 Å². The maximum absolute atomic E-state index is 12.9. The quantitative estimate of drug-likeness (QED) is 0.0313. The lowest BCUT2D eigenvalue weighted by molar-refractivity contribution is -0.870. The maximum atomic E-state index is 12.9. The van der Waals surface area contributed by atoms with E-state index < -0.39 is 28.8 Å². The molecular weight excluding hydrogens is 887 g/mol. The van der Waals surface area contributed by atoms with Crippen molar-refractivity contribution in [2.75, 3.05) is 130 Å². The average Bonchev–Trinajstić information content (AvgIpc) is 3.22. The first-order valence-corrected chi connectivity index (χ1v) is 24.8. The van der Waals surface area contributed by atoms with Gasteiger partial charge < -0.3 is 53.9 Å². The van der Waals surface area contributed by atoms with Gasteiger partial charge in [0.1, 0.15) is 32.9 Å². The first-order valence-electron chi connectivity index (χ1n) is 24.8. The Morgan fingerprint density at radius 3 is 1.22 bits per heavy atom. The van der Waals surface area contributed by atoms with Crippen molar-refractivity contribution in [1.29, 1.82) is 0 Å². The molecule has 0 bridgehead atoms. The standard InChI is InChI=1S/C29H56N4O6.C12H24N2O3.C10H21NO2/c1-13-22(19-28(3,4)26(36)38-17-15-32(7,8)9)24(34)30-21-31-25(35)23(14-2)20-29(5,6)27(37)39-18-16-33(10,11)12;1-6-12(2,3)10(15)13-8-7-9-14(4,5)11(16)17;1-6-10(2,3)9(12)13-8-7-11(4)5/h22-23H,13-21H2,1-12H3;6-9H2,1-5H3,(H-,13,15,16,17);6-8H2,1-5H3/p+2. The molecular formula is C51H103N7O11+2. The van der Waals surface area contributed by atoms with E-state index in [0.29, 0.717) is 87.1 Å². The Hall–Kier alpha value is -3.87. The molecule has 0 spiro atoms. The lowest BCUT2D eigenvalue weighted by Crippen LogP contribution is -2.53. The van der Waals surface area contributed by atoms with Crippen LogP contribution in [0.5, 0.6) is 0 Å². The number of carbonyl (C=O) groups excluding carboxylic acids is 7. The minimum absolute atomic E-state index is 0.0127. The maximum Gasteiger partial charge on any atom is 0.311 e. The number of amides is 4. The Morgan fingerprint density at radius 2 is 0.899 bits per heavy atom. The fraction of sp³-hybridized carbons (Fsp3) is 0.863. The van der Waals surface area contributed by atoms with Crippen molar-refractivity contribution in [3.05, 3.63) is 0 Å². The summed E-state index contributed by atoms with van der Waals surface area (Å²) in [4.78, 5) is 86.9. The van der Waals surface area contributed by atoms with E-state index in [1.54, 1.807) is 41.8 Å². The number of rotatable bonds is 29. The van der Waals surface area contributed by atoms with Crippen LogP contribution >= 0.6 is 0 Å². The lowest BCUT2D eigenvalue weighted by Gasteiger charge is -2.29. The van der Waals surface area contributed by atoms with E-state index in [1.807, 2.05) is 117 Å². The van der Waals surface area contributed by atoms with Gasteiger partial charge in [0, 0.05) is 36.8 Å². The van der Waals surface area contributed by atoms with Crippen molar-refractivity contribution in [1.82, 2.24) is 20.9 Å². The van der Waals surface area contributed by atoms with Crippen molar-refractivity contribution in [3.63, 3.8) is 0 Å². The fourth-order valence-corrected chi connectivity index (χ4v) is 5.79. The summed E-state index contributed by atoms with van der Waals surface area (Å²) in [6.07, 6.45) is 2.89. The number of nitrogens with one attached hydrogen (secondary N) is 3. The molecule has 0 aromatic heterocycles. The second-order valence-electron chi connectivity index (χ2n) is 23.6. The van der Waals surface area contributed by atoms with Crippen LogP contribution in [0.25, 0.3) is 0 Å². The molecule has 69 heavy (non-hydrogen) atoms. The molecule has 0 saturated heterocycles. The van der Waals surface area contributed by atoms with Crippen molar-refractivity contribution in [3.8, 4) is 0 Å². The number of ether oxygens (including phenoxy) is 3. The van der Waals surface area contributed by atoms with Gasteiger partial charge in [-0.3, -0.25) is 33.3 Å². The second-order valence-corrected chi connectivity index (χ2v) is 23.6. The third kappa shape index (κ3) is 31.9. The number of hydrogen-bond acceptors (Lipinski definition) is 12. The molecule has 0 rings (SSSR count). The SMILES string of the molecule is CCC(C)(C)C(=O)NCCC[N+](C)(C)C(=O)[O-].CCC(C)(C)C(=O)OCCN(C)C.CCC(CC(C)(C)C(=O)OCC[N+](C)(C)C)C(=O)NCNC(=O)C(CC)CC(C)(C)C(=O)OCC[N+](C)(C)C. The Labute approximate surface area is 419 Å². The summed E-state index contributed by atoms with van der Waals surface area (Å²) in [5, 5.41) is 19.1. The Bertz CT molecular complexity index is 1510. The van der Waals surface area contributed by atoms with E-state index in [-0.39, 0.29) is 57.6 Å². The minimum Gasteiger partial charge on any atom is -0.498 e. The highest BCUT2D eigenvalue weighted by Gasteiger charge is 2.37. The molecule has 0 heterocycles. The third-order valence-electron chi connectivity index (χ3n) is 12.2. The van der Waals surface area contributed by atoms with Crippen LogP contribution in [-0.4, -0.2) is 190 Å². The van der Waals surface area contributed by atoms with Crippen LogP contribution in [-0.2, 0) is 43.0 Å². The second kappa shape index (κ2) is 31.5. The zero-order chi connectivity index (χ0) is 54.8. The van der Waals surface area contributed by atoms with Crippen LogP contribution in [0, 0.1) is 33.5 Å². The average molecular weight is 990 g/mol. The predicted octanol–water partition coefficient (Wildman–Crippen LogP) is 4.44. The summed E-state index contributed by atoms with van der Waals surface area (Å²) in [6.45, 7) is 26.8. The number of likely N-dealkylation sites (N-methyl/N-ethyl adjacent to an activating group) is 3. The van der Waals surface area contributed by atoms with Crippen molar-refractivity contribution >= 4 is 41.7 Å². The molecule has 0 fully saturated rings. The van der Waals surface area contributed by atoms with E-state index in [4.69, 9.17) is 14.2 Å². The summed E-state index contributed by atoms with van der Waals surface area (Å²) in [5.74, 6) is -1.97. The van der Waals surface area contributed by atoms with E-state index >= 15 is 0 Å². The highest BCUT2D eigenvalue weighted by atomic mass is 16.5. The normalized spacial score (nSPS) is 13.3. The Balaban J connectivity index is -0.00000118. The highest BCUT2D eigenvalue weighted by molar-refractivity contribution is 5.83. The van der Waals surface area contributed by atoms with Crippen molar-refractivity contribution in [2.24, 2.45) is 33.5 Å². The van der Waals surface area contributed by atoms with Gasteiger partial charge in [-0.2, -0.15) is 0 Å². The van der Waals surface area contributed by atoms with E-state index in [2.05, 4.69) is 16.0 Å². The number of carbonyl (C=O) groups is 7. The molecule has 0 radical (unpaired) electrons. The van der Waals surface area contributed by atoms with Gasteiger partial charge in [0.25, 0.3) is 6.09 Å². The minimum atomic E-state index is -1.11. The van der Waals surface area contributed by atoms with Crippen LogP contribution in [0.3, 0.4) is 0 Å². The van der Waals surface area contributed by atoms with Gasteiger partial charge in [0.05, 0.1) is 85.8 Å². The van der Waals surface area contributed by atoms with Gasteiger partial charge in [-0.15, -0.1) is 0 Å². The molecule has 0 aromatic carbocycles. The van der Waals surface area contributed by atoms with Gasteiger partial charge in [0.2, 0.25) is 17.7 Å². The van der Waals surface area contributed by atoms with E-state index in [1.165, 1.54) is 0 Å². The number of esters is 3. The zero-order valence-electron chi connectivity index (χ0n) is 47.7. The lowest BCUT2D eigenvalue weighted by atomic mass is 9.81. The largest absolute Gasteiger partial charge is 0.498 e. The van der Waals surface area contributed by atoms with Gasteiger partial charge in [-0.05, 0) is 94.2 Å². The smallest absolute Gasteiger partial charge is 0.311 e. The number of carboxylic acid groups (broad SMARTS) is 1. The number of nitrogens with zero attached hydrogens (tertiary/aromatic N) is 4. The van der Waals surface area contributed by atoms with Crippen LogP contribution in [0.1, 0.15) is 128 Å². The molecule has 0 aliphatic carbocycles. The fourth-order valence-electron chi connectivity index (χ4n) is 5.79. The molecule has 2 unspecified atom stereocenters. The summed E-state index contributed by atoms with van der Waals surface area (Å²) in [5.41, 5.74) is -2.33. The van der Waals surface area contributed by atoms with Crippen molar-refractivity contribution in [2.45, 2.75) is 128 Å². The Kier molecular flexibility index (Phi) is 31.6. The highest BCUT2D eigenvalue weighted by Crippen LogP contribution is 2.30. The summed E-state index contributed by atoms with van der Waals surface area (Å²) >= 11 is 0. The van der Waals surface area contributed by atoms with Crippen LogP contribution < -0.4 is 21.1 Å². The van der Waals surface area contributed by atoms with Gasteiger partial charge >= 0.3 is 17.9 Å². The summed E-state index contributed by atoms with van der Waals surface area (Å²) in [6, 6.07) is 0. The predicted molar refractivity (Wildman–Crippen MR) is 271 cm³/mol. The molecule has 406 valence electrons. The molecule has 0 aliphatic rings. The Morgan fingerprint density at radius 1 is 0.536 bits per heavy atom. The van der Waals surface area contributed by atoms with Gasteiger partial charge in [-0.25, -0.2) is 0 Å². The molecule has 2 atom stereocenters. The number of hydrogen-bond donors (Lipinski definition) is 3. The monoisotopic (exact) mass is 990 g/mol. The van der Waals surface area contributed by atoms with Crippen molar-refractivity contribution < 1.29 is 66.3 Å². The topological polar surface area (TPSA) is 210 Å². The van der Waals surface area contributed by atoms with E-state index in [0.717, 1.165) is 19.4 Å². The molecule has 18 heteroatoms. The van der Waals surface area contributed by atoms with E-state index in [9.17, 15) is 38.7 Å². The zero-order valence-corrected chi connectivity index (χ0v) is 47.7. The first-order chi connectivity index (χ1) is 31.2. The molecule has 4 amide bonds. The summed E-state index contributed by atoms with van der Waals surface area (Å²) in [7, 11) is 19.2. The number of quaternary nitrogens is 3. The first kappa shape index (κ1) is 69.4. The molecule has 0 saturated carbocycles. The van der Waals surface area contributed by atoms with Gasteiger partial charge in [0.15, 0.2) is 0 Å². The van der Waals surface area contributed by atoms with Gasteiger partial charge in [-0.1, -0.05) is 41.5 Å². The third-order valence-corrected chi connectivity index (χ3v) is 12.2. The molecule has 0 aromatic rings.